The second kappa shape index (κ2) is 6.66. The summed E-state index contributed by atoms with van der Waals surface area (Å²) in [7, 11) is 0. The van der Waals surface area contributed by atoms with Crippen molar-refractivity contribution in [2.24, 2.45) is 0 Å². The SMILES string of the molecule is O=C(CNc1ccc(F)cc1F)Nc1cccc(C(=O)O)c1. The number of benzene rings is 2. The number of amides is 1. The summed E-state index contributed by atoms with van der Waals surface area (Å²) in [6, 6.07) is 8.68. The molecule has 114 valence electrons. The maximum absolute atomic E-state index is 13.4. The number of rotatable bonds is 5. The molecule has 5 nitrogen and oxygen atoms in total. The molecular weight excluding hydrogens is 294 g/mol. The quantitative estimate of drug-likeness (QED) is 0.793. The molecule has 1 amide bonds. The molecule has 0 bridgehead atoms. The maximum Gasteiger partial charge on any atom is 0.335 e. The number of carbonyl (C=O) groups excluding carboxylic acids is 1. The van der Waals surface area contributed by atoms with Crippen molar-refractivity contribution in [3.05, 3.63) is 59.7 Å². The van der Waals surface area contributed by atoms with E-state index < -0.39 is 23.5 Å². The van der Waals surface area contributed by atoms with Crippen LogP contribution >= 0.6 is 0 Å². The number of hydrogen-bond acceptors (Lipinski definition) is 3. The number of nitrogens with one attached hydrogen (secondary N) is 2. The number of anilines is 2. The van der Waals surface area contributed by atoms with Gasteiger partial charge in [-0.2, -0.15) is 0 Å². The van der Waals surface area contributed by atoms with Crippen LogP contribution in [0.3, 0.4) is 0 Å². The normalized spacial score (nSPS) is 10.1. The van der Waals surface area contributed by atoms with Gasteiger partial charge in [-0.05, 0) is 30.3 Å². The van der Waals surface area contributed by atoms with Crippen molar-refractivity contribution in [1.29, 1.82) is 0 Å². The first-order chi connectivity index (χ1) is 10.5. The molecule has 0 atom stereocenters. The molecular formula is C15H12F2N2O3. The summed E-state index contributed by atoms with van der Waals surface area (Å²) in [5.74, 6) is -3.12. The zero-order valence-electron chi connectivity index (χ0n) is 11.3. The summed E-state index contributed by atoms with van der Waals surface area (Å²) in [6.07, 6.45) is 0. The smallest absolute Gasteiger partial charge is 0.335 e. The first-order valence-electron chi connectivity index (χ1n) is 6.28. The molecule has 0 saturated heterocycles. The topological polar surface area (TPSA) is 78.4 Å². The Labute approximate surface area is 124 Å². The van der Waals surface area contributed by atoms with Gasteiger partial charge in [-0.25, -0.2) is 13.6 Å². The molecule has 0 aliphatic rings. The van der Waals surface area contributed by atoms with Crippen LogP contribution in [0.1, 0.15) is 10.4 Å². The zero-order chi connectivity index (χ0) is 16.1. The van der Waals surface area contributed by atoms with Crippen LogP contribution in [-0.2, 0) is 4.79 Å². The number of carboxylic acids is 1. The second-order valence-electron chi connectivity index (χ2n) is 4.41. The van der Waals surface area contributed by atoms with E-state index in [1.807, 2.05) is 0 Å². The molecule has 0 heterocycles. The van der Waals surface area contributed by atoms with E-state index in [-0.39, 0.29) is 17.8 Å². The molecule has 2 aromatic carbocycles. The lowest BCUT2D eigenvalue weighted by atomic mass is 10.2. The Hall–Kier alpha value is -2.96. The Morgan fingerprint density at radius 1 is 1.09 bits per heavy atom. The molecule has 0 radical (unpaired) electrons. The third-order valence-corrected chi connectivity index (χ3v) is 2.76. The molecule has 0 aliphatic heterocycles. The third-order valence-electron chi connectivity index (χ3n) is 2.76. The van der Waals surface area contributed by atoms with Crippen LogP contribution in [-0.4, -0.2) is 23.5 Å². The standard InChI is InChI=1S/C15H12F2N2O3/c16-10-4-5-13(12(17)7-10)18-8-14(20)19-11-3-1-2-9(6-11)15(21)22/h1-7,18H,8H2,(H,19,20)(H,21,22). The lowest BCUT2D eigenvalue weighted by Gasteiger charge is -2.09. The number of hydrogen-bond donors (Lipinski definition) is 3. The van der Waals surface area contributed by atoms with Crippen molar-refractivity contribution in [2.75, 3.05) is 17.2 Å². The Bertz CT molecular complexity index is 720. The summed E-state index contributed by atoms with van der Waals surface area (Å²) in [5.41, 5.74) is 0.345. The number of aromatic carboxylic acids is 1. The van der Waals surface area contributed by atoms with Gasteiger partial charge in [0.2, 0.25) is 5.91 Å². The highest BCUT2D eigenvalue weighted by molar-refractivity contribution is 5.95. The van der Waals surface area contributed by atoms with Crippen molar-refractivity contribution in [3.63, 3.8) is 0 Å². The molecule has 0 saturated carbocycles. The molecule has 0 fully saturated rings. The number of carbonyl (C=O) groups is 2. The highest BCUT2D eigenvalue weighted by Gasteiger charge is 2.08. The van der Waals surface area contributed by atoms with E-state index in [0.29, 0.717) is 11.8 Å². The fourth-order valence-electron chi connectivity index (χ4n) is 1.74. The fourth-order valence-corrected chi connectivity index (χ4v) is 1.74. The van der Waals surface area contributed by atoms with Gasteiger partial charge in [0, 0.05) is 11.8 Å². The highest BCUT2D eigenvalue weighted by Crippen LogP contribution is 2.15. The molecule has 2 aromatic rings. The van der Waals surface area contributed by atoms with Gasteiger partial charge in [0.1, 0.15) is 11.6 Å². The molecule has 2 rings (SSSR count). The van der Waals surface area contributed by atoms with Crippen LogP contribution in [0.2, 0.25) is 0 Å². The van der Waals surface area contributed by atoms with Crippen molar-refractivity contribution < 1.29 is 23.5 Å². The highest BCUT2D eigenvalue weighted by atomic mass is 19.1. The predicted octanol–water partition coefficient (Wildman–Crippen LogP) is 2.71. The predicted molar refractivity (Wildman–Crippen MR) is 76.9 cm³/mol. The molecule has 3 N–H and O–H groups in total. The summed E-state index contributed by atoms with van der Waals surface area (Å²) in [5, 5.41) is 13.9. The minimum absolute atomic E-state index is 0.00385. The molecule has 7 heteroatoms. The van der Waals surface area contributed by atoms with E-state index in [0.717, 1.165) is 6.07 Å². The lowest BCUT2D eigenvalue weighted by molar-refractivity contribution is -0.114. The van der Waals surface area contributed by atoms with Crippen LogP contribution in [0.4, 0.5) is 20.2 Å². The van der Waals surface area contributed by atoms with Gasteiger partial charge < -0.3 is 15.7 Å². The van der Waals surface area contributed by atoms with E-state index >= 15 is 0 Å². The zero-order valence-corrected chi connectivity index (χ0v) is 11.3. The van der Waals surface area contributed by atoms with Crippen LogP contribution in [0.5, 0.6) is 0 Å². The van der Waals surface area contributed by atoms with E-state index in [2.05, 4.69) is 10.6 Å². The van der Waals surface area contributed by atoms with Gasteiger partial charge >= 0.3 is 5.97 Å². The first-order valence-corrected chi connectivity index (χ1v) is 6.28. The van der Waals surface area contributed by atoms with Gasteiger partial charge in [-0.3, -0.25) is 4.79 Å². The van der Waals surface area contributed by atoms with E-state index in [1.54, 1.807) is 0 Å². The van der Waals surface area contributed by atoms with E-state index in [1.165, 1.54) is 30.3 Å². The summed E-state index contributed by atoms with van der Waals surface area (Å²) in [6.45, 7) is -0.250. The Kier molecular flexibility index (Phi) is 4.67. The Morgan fingerprint density at radius 3 is 2.55 bits per heavy atom. The van der Waals surface area contributed by atoms with E-state index in [4.69, 9.17) is 5.11 Å². The minimum Gasteiger partial charge on any atom is -0.478 e. The number of carboxylic acid groups (broad SMARTS) is 1. The Morgan fingerprint density at radius 2 is 1.86 bits per heavy atom. The molecule has 22 heavy (non-hydrogen) atoms. The summed E-state index contributed by atoms with van der Waals surface area (Å²) >= 11 is 0. The summed E-state index contributed by atoms with van der Waals surface area (Å²) < 4.78 is 26.1. The largest absolute Gasteiger partial charge is 0.478 e. The molecule has 0 aliphatic carbocycles. The van der Waals surface area contributed by atoms with Gasteiger partial charge in [0.05, 0.1) is 17.8 Å². The lowest BCUT2D eigenvalue weighted by Crippen LogP contribution is -2.22. The van der Waals surface area contributed by atoms with Crippen molar-refractivity contribution in [3.8, 4) is 0 Å². The Balaban J connectivity index is 1.95. The fraction of sp³-hybridized carbons (Fsp3) is 0.0667. The van der Waals surface area contributed by atoms with Crippen LogP contribution in [0, 0.1) is 11.6 Å². The first kappa shape index (κ1) is 15.4. The maximum atomic E-state index is 13.4. The third kappa shape index (κ3) is 4.02. The average molecular weight is 306 g/mol. The van der Waals surface area contributed by atoms with Crippen LogP contribution < -0.4 is 10.6 Å². The molecule has 0 aromatic heterocycles. The van der Waals surface area contributed by atoms with Crippen LogP contribution in [0.15, 0.2) is 42.5 Å². The van der Waals surface area contributed by atoms with E-state index in [9.17, 15) is 18.4 Å². The monoisotopic (exact) mass is 306 g/mol. The molecule has 0 unspecified atom stereocenters. The number of halogens is 2. The summed E-state index contributed by atoms with van der Waals surface area (Å²) in [4.78, 5) is 22.5. The van der Waals surface area contributed by atoms with Gasteiger partial charge in [-0.1, -0.05) is 6.07 Å². The van der Waals surface area contributed by atoms with Gasteiger partial charge in [0.15, 0.2) is 0 Å². The average Bonchev–Trinajstić information content (AvgIpc) is 2.46. The van der Waals surface area contributed by atoms with Crippen molar-refractivity contribution in [2.45, 2.75) is 0 Å². The van der Waals surface area contributed by atoms with Crippen molar-refractivity contribution in [1.82, 2.24) is 0 Å². The van der Waals surface area contributed by atoms with Gasteiger partial charge in [-0.15, -0.1) is 0 Å². The van der Waals surface area contributed by atoms with Gasteiger partial charge in [0.25, 0.3) is 0 Å². The van der Waals surface area contributed by atoms with Crippen molar-refractivity contribution >= 4 is 23.3 Å². The van der Waals surface area contributed by atoms with Crippen LogP contribution in [0.25, 0.3) is 0 Å². The minimum atomic E-state index is -1.11. The second-order valence-corrected chi connectivity index (χ2v) is 4.41. The molecule has 0 spiro atoms.